The van der Waals surface area contributed by atoms with Crippen LogP contribution in [-0.4, -0.2) is 21.1 Å². The number of carbonyl (C=O) groups is 1. The number of esters is 1. The second kappa shape index (κ2) is 7.42. The topological polar surface area (TPSA) is 134 Å². The largest absolute Gasteiger partial charge is 0.449 e. The highest BCUT2D eigenvalue weighted by atomic mass is 35.5. The summed E-state index contributed by atoms with van der Waals surface area (Å²) in [5.74, 6) is -0.391. The Balaban J connectivity index is 1.72. The highest BCUT2D eigenvalue weighted by molar-refractivity contribution is 6.33. The standard InChI is InChI=1S/C17H13ClN4O5/c1-9(26-17(23)11-4-7-13(18)14(19)8-11)15-20-21-16(27-15)10-2-5-12(6-3-10)22(24)25/h2-9H,19H2,1H3/t9-/m1/s1. The number of nitro benzene ring substituents is 1. The van der Waals surface area contributed by atoms with Crippen LogP contribution in [-0.2, 0) is 4.74 Å². The summed E-state index contributed by atoms with van der Waals surface area (Å²) in [4.78, 5) is 22.4. The molecule has 3 rings (SSSR count). The number of nitrogen functional groups attached to an aromatic ring is 1. The number of halogens is 1. The second-order valence-electron chi connectivity index (χ2n) is 5.53. The third-order valence-corrected chi connectivity index (χ3v) is 3.97. The molecule has 0 spiro atoms. The third-order valence-electron chi connectivity index (χ3n) is 3.63. The van der Waals surface area contributed by atoms with Gasteiger partial charge in [0.2, 0.25) is 5.89 Å². The number of nitrogens with zero attached hydrogens (tertiary/aromatic N) is 3. The molecular formula is C17H13ClN4O5. The summed E-state index contributed by atoms with van der Waals surface area (Å²) >= 11 is 5.83. The van der Waals surface area contributed by atoms with E-state index in [0.717, 1.165) is 0 Å². The van der Waals surface area contributed by atoms with Crippen LogP contribution in [0.15, 0.2) is 46.9 Å². The number of anilines is 1. The molecule has 0 bridgehead atoms. The maximum Gasteiger partial charge on any atom is 0.338 e. The molecule has 0 saturated heterocycles. The first-order valence-electron chi connectivity index (χ1n) is 7.69. The molecule has 0 radical (unpaired) electrons. The van der Waals surface area contributed by atoms with Crippen molar-refractivity contribution in [2.24, 2.45) is 0 Å². The van der Waals surface area contributed by atoms with Crippen LogP contribution < -0.4 is 5.73 Å². The van der Waals surface area contributed by atoms with Gasteiger partial charge >= 0.3 is 5.97 Å². The number of rotatable bonds is 5. The van der Waals surface area contributed by atoms with Crippen molar-refractivity contribution in [2.75, 3.05) is 5.73 Å². The molecule has 0 unspecified atom stereocenters. The van der Waals surface area contributed by atoms with Gasteiger partial charge in [0.25, 0.3) is 11.6 Å². The smallest absolute Gasteiger partial charge is 0.338 e. The van der Waals surface area contributed by atoms with Crippen molar-refractivity contribution in [3.63, 3.8) is 0 Å². The van der Waals surface area contributed by atoms with E-state index >= 15 is 0 Å². The van der Waals surface area contributed by atoms with Gasteiger partial charge in [-0.2, -0.15) is 0 Å². The first-order valence-corrected chi connectivity index (χ1v) is 8.07. The van der Waals surface area contributed by atoms with Crippen LogP contribution in [0.5, 0.6) is 0 Å². The number of ether oxygens (including phenoxy) is 1. The summed E-state index contributed by atoms with van der Waals surface area (Å²) in [6, 6.07) is 10.0. The fraction of sp³-hybridized carbons (Fsp3) is 0.118. The Kier molecular flexibility index (Phi) is 5.04. The summed E-state index contributed by atoms with van der Waals surface area (Å²) in [7, 11) is 0. The molecule has 2 N–H and O–H groups in total. The van der Waals surface area contributed by atoms with E-state index in [1.165, 1.54) is 42.5 Å². The first-order chi connectivity index (χ1) is 12.8. The predicted octanol–water partition coefficient (Wildman–Crippen LogP) is 3.80. The molecule has 138 valence electrons. The lowest BCUT2D eigenvalue weighted by atomic mass is 10.2. The predicted molar refractivity (Wildman–Crippen MR) is 96.1 cm³/mol. The first kappa shape index (κ1) is 18.3. The second-order valence-corrected chi connectivity index (χ2v) is 5.94. The summed E-state index contributed by atoms with van der Waals surface area (Å²) in [5.41, 5.74) is 6.62. The number of non-ortho nitro benzene ring substituents is 1. The molecule has 1 atom stereocenters. The minimum atomic E-state index is -0.811. The number of benzene rings is 2. The van der Waals surface area contributed by atoms with Crippen LogP contribution >= 0.6 is 11.6 Å². The maximum atomic E-state index is 12.2. The van der Waals surface area contributed by atoms with Crippen molar-refractivity contribution in [1.82, 2.24) is 10.2 Å². The van der Waals surface area contributed by atoms with Crippen molar-refractivity contribution in [3.05, 3.63) is 69.1 Å². The maximum absolute atomic E-state index is 12.2. The van der Waals surface area contributed by atoms with Gasteiger partial charge < -0.3 is 14.9 Å². The van der Waals surface area contributed by atoms with Gasteiger partial charge in [0.05, 0.1) is 21.2 Å². The zero-order valence-electron chi connectivity index (χ0n) is 14.0. The molecule has 10 heteroatoms. The van der Waals surface area contributed by atoms with Gasteiger partial charge in [-0.3, -0.25) is 10.1 Å². The Hall–Kier alpha value is -3.46. The van der Waals surface area contributed by atoms with Gasteiger partial charge in [0.15, 0.2) is 6.10 Å². The molecule has 1 heterocycles. The molecular weight excluding hydrogens is 376 g/mol. The van der Waals surface area contributed by atoms with E-state index in [0.29, 0.717) is 10.6 Å². The summed E-state index contributed by atoms with van der Waals surface area (Å²) in [5, 5.41) is 18.8. The van der Waals surface area contributed by atoms with Crippen molar-refractivity contribution in [3.8, 4) is 11.5 Å². The van der Waals surface area contributed by atoms with Crippen LogP contribution in [0.3, 0.4) is 0 Å². The van der Waals surface area contributed by atoms with Crippen LogP contribution in [0.25, 0.3) is 11.5 Å². The molecule has 0 aliphatic rings. The minimum absolute atomic E-state index is 0.0528. The van der Waals surface area contributed by atoms with Gasteiger partial charge in [-0.25, -0.2) is 4.79 Å². The Morgan fingerprint density at radius 1 is 1.26 bits per heavy atom. The van der Waals surface area contributed by atoms with Crippen molar-refractivity contribution < 1.29 is 18.9 Å². The SMILES string of the molecule is C[C@@H](OC(=O)c1ccc(Cl)c(N)c1)c1nnc(-c2ccc([N+](=O)[O-])cc2)o1. The lowest BCUT2D eigenvalue weighted by Crippen LogP contribution is -2.10. The molecule has 3 aromatic rings. The molecule has 1 aromatic heterocycles. The van der Waals surface area contributed by atoms with Crippen LogP contribution in [0.1, 0.15) is 29.3 Å². The average Bonchev–Trinajstić information content (AvgIpc) is 3.14. The molecule has 0 saturated carbocycles. The minimum Gasteiger partial charge on any atom is -0.449 e. The number of nitro groups is 1. The van der Waals surface area contributed by atoms with Gasteiger partial charge in [-0.15, -0.1) is 10.2 Å². The number of hydrogen-bond donors (Lipinski definition) is 1. The molecule has 0 fully saturated rings. The van der Waals surface area contributed by atoms with Gasteiger partial charge in [0.1, 0.15) is 0 Å². The zero-order chi connectivity index (χ0) is 19.6. The molecule has 2 aromatic carbocycles. The number of nitrogens with two attached hydrogens (primary N) is 1. The van der Waals surface area contributed by atoms with E-state index in [2.05, 4.69) is 10.2 Å². The summed E-state index contributed by atoms with van der Waals surface area (Å²) in [6.45, 7) is 1.57. The molecule has 27 heavy (non-hydrogen) atoms. The fourth-order valence-corrected chi connectivity index (χ4v) is 2.31. The Morgan fingerprint density at radius 3 is 2.59 bits per heavy atom. The zero-order valence-corrected chi connectivity index (χ0v) is 14.7. The van der Waals surface area contributed by atoms with Gasteiger partial charge in [-0.1, -0.05) is 11.6 Å². The number of carbonyl (C=O) groups excluding carboxylic acids is 1. The van der Waals surface area contributed by atoms with Gasteiger partial charge in [-0.05, 0) is 37.3 Å². The molecule has 0 amide bonds. The number of hydrogen-bond acceptors (Lipinski definition) is 8. The number of aromatic nitrogens is 2. The van der Waals surface area contributed by atoms with E-state index in [-0.39, 0.29) is 28.7 Å². The fourth-order valence-electron chi connectivity index (χ4n) is 2.19. The molecule has 9 nitrogen and oxygen atoms in total. The van der Waals surface area contributed by atoms with E-state index in [1.807, 2.05) is 0 Å². The lowest BCUT2D eigenvalue weighted by molar-refractivity contribution is -0.384. The van der Waals surface area contributed by atoms with Crippen molar-refractivity contribution in [2.45, 2.75) is 13.0 Å². The van der Waals surface area contributed by atoms with Crippen LogP contribution in [0.4, 0.5) is 11.4 Å². The lowest BCUT2D eigenvalue weighted by Gasteiger charge is -2.10. The van der Waals surface area contributed by atoms with E-state index in [9.17, 15) is 14.9 Å². The quantitative estimate of drug-likeness (QED) is 0.302. The molecule has 0 aliphatic carbocycles. The monoisotopic (exact) mass is 388 g/mol. The summed E-state index contributed by atoms with van der Waals surface area (Å²) < 4.78 is 10.8. The highest BCUT2D eigenvalue weighted by Gasteiger charge is 2.20. The Labute approximate surface area is 157 Å². The van der Waals surface area contributed by atoms with E-state index in [1.54, 1.807) is 6.92 Å². The third kappa shape index (κ3) is 4.04. The normalized spacial score (nSPS) is 11.8. The average molecular weight is 389 g/mol. The van der Waals surface area contributed by atoms with E-state index in [4.69, 9.17) is 26.5 Å². The Morgan fingerprint density at radius 2 is 1.96 bits per heavy atom. The van der Waals surface area contributed by atoms with E-state index < -0.39 is 17.0 Å². The van der Waals surface area contributed by atoms with Crippen molar-refractivity contribution in [1.29, 1.82) is 0 Å². The highest BCUT2D eigenvalue weighted by Crippen LogP contribution is 2.26. The summed E-state index contributed by atoms with van der Waals surface area (Å²) in [6.07, 6.45) is -0.811. The van der Waals surface area contributed by atoms with Gasteiger partial charge in [0, 0.05) is 17.7 Å². The van der Waals surface area contributed by atoms with Crippen molar-refractivity contribution >= 4 is 28.9 Å². The molecule has 0 aliphatic heterocycles. The van der Waals surface area contributed by atoms with Crippen LogP contribution in [0, 0.1) is 10.1 Å². The van der Waals surface area contributed by atoms with Crippen LogP contribution in [0.2, 0.25) is 5.02 Å². The Bertz CT molecular complexity index is 1000.